The molecule has 11 heavy (non-hydrogen) atoms. The van der Waals surface area contributed by atoms with E-state index in [1.165, 1.54) is 0 Å². The summed E-state index contributed by atoms with van der Waals surface area (Å²) in [6, 6.07) is 0. The highest BCUT2D eigenvalue weighted by molar-refractivity contribution is 5.54. The average Bonchev–Trinajstić information content (AvgIpc) is 1.87. The van der Waals surface area contributed by atoms with Gasteiger partial charge in [0, 0.05) is 5.92 Å². The van der Waals surface area contributed by atoms with E-state index in [0.717, 1.165) is 19.1 Å². The van der Waals surface area contributed by atoms with Crippen molar-refractivity contribution in [1.29, 1.82) is 0 Å². The first-order chi connectivity index (χ1) is 5.07. The summed E-state index contributed by atoms with van der Waals surface area (Å²) in [6.07, 6.45) is 2.17. The zero-order valence-corrected chi connectivity index (χ0v) is 7.58. The highest BCUT2D eigenvalue weighted by atomic mass is 16.3. The van der Waals surface area contributed by atoms with E-state index in [1.54, 1.807) is 6.92 Å². The Morgan fingerprint density at radius 1 is 1.27 bits per heavy atom. The molecule has 2 nitrogen and oxygen atoms in total. The van der Waals surface area contributed by atoms with Gasteiger partial charge in [-0.3, -0.25) is 0 Å². The molecule has 2 atom stereocenters. The zero-order chi connectivity index (χ0) is 8.85. The Labute approximate surface area is 68.6 Å². The van der Waals surface area contributed by atoms with Crippen LogP contribution in [0.15, 0.2) is 0 Å². The van der Waals surface area contributed by atoms with Crippen molar-refractivity contribution < 1.29 is 9.90 Å². The lowest BCUT2D eigenvalue weighted by atomic mass is 9.95. The van der Waals surface area contributed by atoms with Crippen molar-refractivity contribution in [2.24, 2.45) is 11.8 Å². The van der Waals surface area contributed by atoms with Gasteiger partial charge in [-0.05, 0) is 19.3 Å². The molecule has 0 spiro atoms. The number of carbonyl (C=O) groups is 1. The number of aldehydes is 1. The topological polar surface area (TPSA) is 37.3 Å². The second kappa shape index (κ2) is 5.30. The minimum atomic E-state index is -0.494. The molecule has 0 amide bonds. The number of aliphatic hydroxyl groups excluding tert-OH is 1. The van der Waals surface area contributed by atoms with Crippen molar-refractivity contribution in [3.63, 3.8) is 0 Å². The monoisotopic (exact) mass is 158 g/mol. The number of aliphatic hydroxyl groups is 1. The SMILES string of the molecule is CC(C)CC[C@H](C=O)[C@H](C)O. The van der Waals surface area contributed by atoms with Crippen LogP contribution in [-0.2, 0) is 4.79 Å². The van der Waals surface area contributed by atoms with Crippen molar-refractivity contribution in [1.82, 2.24) is 0 Å². The van der Waals surface area contributed by atoms with Crippen LogP contribution in [0.5, 0.6) is 0 Å². The number of hydrogen-bond acceptors (Lipinski definition) is 2. The van der Waals surface area contributed by atoms with E-state index in [1.807, 2.05) is 0 Å². The predicted octanol–water partition coefficient (Wildman–Crippen LogP) is 1.62. The second-order valence-corrected chi connectivity index (χ2v) is 3.51. The van der Waals surface area contributed by atoms with Gasteiger partial charge in [-0.25, -0.2) is 0 Å². The lowest BCUT2D eigenvalue weighted by Crippen LogP contribution is -2.18. The van der Waals surface area contributed by atoms with Crippen molar-refractivity contribution in [2.75, 3.05) is 0 Å². The maximum absolute atomic E-state index is 10.4. The predicted molar refractivity (Wildman–Crippen MR) is 45.3 cm³/mol. The molecule has 66 valence electrons. The Kier molecular flexibility index (Phi) is 5.12. The molecule has 0 saturated carbocycles. The van der Waals surface area contributed by atoms with Gasteiger partial charge in [-0.15, -0.1) is 0 Å². The van der Waals surface area contributed by atoms with Crippen LogP contribution in [0, 0.1) is 11.8 Å². The molecule has 0 aromatic rings. The lowest BCUT2D eigenvalue weighted by Gasteiger charge is -2.13. The fraction of sp³-hybridized carbons (Fsp3) is 0.889. The average molecular weight is 158 g/mol. The quantitative estimate of drug-likeness (QED) is 0.617. The van der Waals surface area contributed by atoms with Crippen LogP contribution in [0.2, 0.25) is 0 Å². The lowest BCUT2D eigenvalue weighted by molar-refractivity contribution is -0.114. The summed E-state index contributed by atoms with van der Waals surface area (Å²) < 4.78 is 0. The summed E-state index contributed by atoms with van der Waals surface area (Å²) in [4.78, 5) is 10.4. The highest BCUT2D eigenvalue weighted by Gasteiger charge is 2.13. The van der Waals surface area contributed by atoms with Crippen LogP contribution in [0.25, 0.3) is 0 Å². The third-order valence-electron chi connectivity index (χ3n) is 1.87. The molecule has 0 aromatic carbocycles. The molecule has 0 bridgehead atoms. The van der Waals surface area contributed by atoms with Crippen molar-refractivity contribution in [2.45, 2.75) is 39.7 Å². The summed E-state index contributed by atoms with van der Waals surface area (Å²) in [5, 5.41) is 9.09. The first kappa shape index (κ1) is 10.6. The standard InChI is InChI=1S/C9H18O2/c1-7(2)4-5-9(6-10)8(3)11/h6-9,11H,4-5H2,1-3H3/t8-,9+/m0/s1. The van der Waals surface area contributed by atoms with Gasteiger partial charge in [0.25, 0.3) is 0 Å². The van der Waals surface area contributed by atoms with Gasteiger partial charge in [0.2, 0.25) is 0 Å². The van der Waals surface area contributed by atoms with E-state index >= 15 is 0 Å². The van der Waals surface area contributed by atoms with Crippen LogP contribution in [-0.4, -0.2) is 17.5 Å². The summed E-state index contributed by atoms with van der Waals surface area (Å²) in [6.45, 7) is 5.90. The fourth-order valence-electron chi connectivity index (χ4n) is 0.949. The molecule has 0 fully saturated rings. The molecular weight excluding hydrogens is 140 g/mol. The molecule has 0 aliphatic carbocycles. The largest absolute Gasteiger partial charge is 0.393 e. The summed E-state index contributed by atoms with van der Waals surface area (Å²) in [7, 11) is 0. The maximum Gasteiger partial charge on any atom is 0.125 e. The molecule has 1 N–H and O–H groups in total. The molecule has 0 aromatic heterocycles. The molecule has 0 heterocycles. The number of carbonyl (C=O) groups excluding carboxylic acids is 1. The maximum atomic E-state index is 10.4. The molecule has 2 heteroatoms. The molecule has 0 rings (SSSR count). The minimum absolute atomic E-state index is 0.169. The first-order valence-electron chi connectivity index (χ1n) is 4.21. The molecule has 0 aliphatic rings. The van der Waals surface area contributed by atoms with Crippen LogP contribution >= 0.6 is 0 Å². The third-order valence-corrected chi connectivity index (χ3v) is 1.87. The molecule has 0 unspecified atom stereocenters. The van der Waals surface area contributed by atoms with Crippen molar-refractivity contribution >= 4 is 6.29 Å². The van der Waals surface area contributed by atoms with E-state index < -0.39 is 6.10 Å². The van der Waals surface area contributed by atoms with E-state index in [2.05, 4.69) is 13.8 Å². The Bertz CT molecular complexity index is 108. The van der Waals surface area contributed by atoms with Gasteiger partial charge >= 0.3 is 0 Å². The molecule has 0 radical (unpaired) electrons. The van der Waals surface area contributed by atoms with Gasteiger partial charge in [-0.2, -0.15) is 0 Å². The Hall–Kier alpha value is -0.370. The normalized spacial score (nSPS) is 16.5. The number of hydrogen-bond donors (Lipinski definition) is 1. The highest BCUT2D eigenvalue weighted by Crippen LogP contribution is 2.13. The molecular formula is C9H18O2. The molecule has 0 saturated heterocycles. The fourth-order valence-corrected chi connectivity index (χ4v) is 0.949. The molecule has 0 aliphatic heterocycles. The van der Waals surface area contributed by atoms with Gasteiger partial charge in [0.15, 0.2) is 0 Å². The third kappa shape index (κ3) is 4.96. The van der Waals surface area contributed by atoms with E-state index in [9.17, 15) is 4.79 Å². The van der Waals surface area contributed by atoms with Crippen LogP contribution in [0.3, 0.4) is 0 Å². The Morgan fingerprint density at radius 3 is 2.09 bits per heavy atom. The van der Waals surface area contributed by atoms with Crippen molar-refractivity contribution in [3.8, 4) is 0 Å². The summed E-state index contributed by atoms with van der Waals surface area (Å²) in [5.74, 6) is 0.439. The zero-order valence-electron chi connectivity index (χ0n) is 7.58. The number of rotatable bonds is 5. The van der Waals surface area contributed by atoms with Crippen LogP contribution in [0.1, 0.15) is 33.6 Å². The summed E-state index contributed by atoms with van der Waals surface area (Å²) in [5.41, 5.74) is 0. The van der Waals surface area contributed by atoms with Crippen molar-refractivity contribution in [3.05, 3.63) is 0 Å². The Morgan fingerprint density at radius 2 is 1.82 bits per heavy atom. The Balaban J connectivity index is 3.61. The van der Waals surface area contributed by atoms with Gasteiger partial charge < -0.3 is 9.90 Å². The van der Waals surface area contributed by atoms with E-state index in [-0.39, 0.29) is 5.92 Å². The van der Waals surface area contributed by atoms with Gasteiger partial charge in [0.1, 0.15) is 6.29 Å². The van der Waals surface area contributed by atoms with Crippen LogP contribution < -0.4 is 0 Å². The second-order valence-electron chi connectivity index (χ2n) is 3.51. The minimum Gasteiger partial charge on any atom is -0.393 e. The first-order valence-corrected chi connectivity index (χ1v) is 4.21. The van der Waals surface area contributed by atoms with Gasteiger partial charge in [0.05, 0.1) is 6.10 Å². The van der Waals surface area contributed by atoms with E-state index in [0.29, 0.717) is 5.92 Å². The van der Waals surface area contributed by atoms with E-state index in [4.69, 9.17) is 5.11 Å². The van der Waals surface area contributed by atoms with Gasteiger partial charge in [-0.1, -0.05) is 20.3 Å². The smallest absolute Gasteiger partial charge is 0.125 e. The van der Waals surface area contributed by atoms with Crippen LogP contribution in [0.4, 0.5) is 0 Å². The summed E-state index contributed by atoms with van der Waals surface area (Å²) >= 11 is 0.